The lowest BCUT2D eigenvalue weighted by Gasteiger charge is -2.26. The predicted molar refractivity (Wildman–Crippen MR) is 91.7 cm³/mol. The summed E-state index contributed by atoms with van der Waals surface area (Å²) in [5, 5.41) is 2.66. The maximum absolute atomic E-state index is 12.0. The summed E-state index contributed by atoms with van der Waals surface area (Å²) in [4.78, 5) is 26.4. The molecule has 2 fully saturated rings. The lowest BCUT2D eigenvalue weighted by molar-refractivity contribution is -0.143. The SMILES string of the molecule is COC(=O)C(CCN(CC1CC1)CC1CC1)NC(=O)OC(C)(C)C. The summed E-state index contributed by atoms with van der Waals surface area (Å²) >= 11 is 0. The molecule has 0 aliphatic heterocycles. The van der Waals surface area contributed by atoms with E-state index in [0.717, 1.165) is 31.5 Å². The third-order valence-electron chi connectivity index (χ3n) is 4.34. The molecule has 2 aliphatic rings. The molecule has 2 saturated carbocycles. The summed E-state index contributed by atoms with van der Waals surface area (Å²) in [5.41, 5.74) is -0.589. The van der Waals surface area contributed by atoms with E-state index in [1.165, 1.54) is 32.8 Å². The Balaban J connectivity index is 1.83. The van der Waals surface area contributed by atoms with E-state index >= 15 is 0 Å². The molecule has 0 heterocycles. The number of rotatable bonds is 9. The van der Waals surface area contributed by atoms with Crippen molar-refractivity contribution < 1.29 is 19.1 Å². The van der Waals surface area contributed by atoms with Gasteiger partial charge < -0.3 is 19.7 Å². The summed E-state index contributed by atoms with van der Waals surface area (Å²) < 4.78 is 10.1. The topological polar surface area (TPSA) is 67.9 Å². The largest absolute Gasteiger partial charge is 0.467 e. The van der Waals surface area contributed by atoms with Crippen molar-refractivity contribution in [2.75, 3.05) is 26.7 Å². The van der Waals surface area contributed by atoms with Crippen molar-refractivity contribution in [2.45, 2.75) is 64.5 Å². The molecule has 6 heteroatoms. The van der Waals surface area contributed by atoms with Crippen molar-refractivity contribution in [1.29, 1.82) is 0 Å². The summed E-state index contributed by atoms with van der Waals surface area (Å²) in [7, 11) is 1.35. The lowest BCUT2D eigenvalue weighted by atomic mass is 10.2. The molecule has 0 aromatic carbocycles. The van der Waals surface area contributed by atoms with Crippen LogP contribution in [0.15, 0.2) is 0 Å². The number of hydrogen-bond donors (Lipinski definition) is 1. The molecule has 2 rings (SSSR count). The zero-order valence-electron chi connectivity index (χ0n) is 15.5. The van der Waals surface area contributed by atoms with Gasteiger partial charge >= 0.3 is 12.1 Å². The number of nitrogens with one attached hydrogen (secondary N) is 1. The first-order chi connectivity index (χ1) is 11.3. The Kier molecular flexibility index (Phi) is 6.49. The molecule has 0 spiro atoms. The van der Waals surface area contributed by atoms with Gasteiger partial charge in [-0.3, -0.25) is 0 Å². The van der Waals surface area contributed by atoms with Gasteiger partial charge in [0.05, 0.1) is 7.11 Å². The smallest absolute Gasteiger partial charge is 0.408 e. The van der Waals surface area contributed by atoms with Crippen molar-refractivity contribution in [3.63, 3.8) is 0 Å². The molecule has 0 radical (unpaired) electrons. The highest BCUT2D eigenvalue weighted by Gasteiger charge is 2.31. The van der Waals surface area contributed by atoms with Crippen LogP contribution in [-0.2, 0) is 14.3 Å². The van der Waals surface area contributed by atoms with E-state index in [2.05, 4.69) is 10.2 Å². The fourth-order valence-electron chi connectivity index (χ4n) is 2.74. The van der Waals surface area contributed by atoms with E-state index < -0.39 is 23.7 Å². The normalized spacial score (nSPS) is 19.0. The van der Waals surface area contributed by atoms with Gasteiger partial charge in [-0.2, -0.15) is 0 Å². The first-order valence-electron chi connectivity index (χ1n) is 9.06. The molecule has 6 nitrogen and oxygen atoms in total. The van der Waals surface area contributed by atoms with Crippen LogP contribution in [0.5, 0.6) is 0 Å². The predicted octanol–water partition coefficient (Wildman–Crippen LogP) is 2.56. The first-order valence-corrected chi connectivity index (χ1v) is 9.06. The van der Waals surface area contributed by atoms with Crippen LogP contribution in [0.2, 0.25) is 0 Å². The van der Waals surface area contributed by atoms with E-state index in [-0.39, 0.29) is 0 Å². The minimum absolute atomic E-state index is 0.418. The standard InChI is InChI=1S/C18H32N2O4/c1-18(2,3)24-17(22)19-15(16(21)23-4)9-10-20(11-13-5-6-13)12-14-7-8-14/h13-15H,5-12H2,1-4H3,(H,19,22). The van der Waals surface area contributed by atoms with Crippen LogP contribution in [-0.4, -0.2) is 55.3 Å². The number of alkyl carbamates (subject to hydrolysis) is 1. The van der Waals surface area contributed by atoms with Crippen molar-refractivity contribution in [3.05, 3.63) is 0 Å². The third-order valence-corrected chi connectivity index (χ3v) is 4.34. The maximum Gasteiger partial charge on any atom is 0.408 e. The Morgan fingerprint density at radius 2 is 1.67 bits per heavy atom. The van der Waals surface area contributed by atoms with Gasteiger partial charge in [-0.1, -0.05) is 0 Å². The first kappa shape index (κ1) is 19.0. The number of esters is 1. The highest BCUT2D eigenvalue weighted by atomic mass is 16.6. The molecular formula is C18H32N2O4. The maximum atomic E-state index is 12.0. The van der Waals surface area contributed by atoms with E-state index in [1.807, 2.05) is 0 Å². The Labute approximate surface area is 145 Å². The summed E-state index contributed by atoms with van der Waals surface area (Å²) in [5.74, 6) is 1.22. The van der Waals surface area contributed by atoms with Crippen LogP contribution in [0.4, 0.5) is 4.79 Å². The Bertz CT molecular complexity index is 425. The number of carbonyl (C=O) groups excluding carboxylic acids is 2. The molecule has 1 N–H and O–H groups in total. The second-order valence-corrected chi connectivity index (χ2v) is 8.16. The van der Waals surface area contributed by atoms with Gasteiger partial charge in [-0.05, 0) is 64.7 Å². The lowest BCUT2D eigenvalue weighted by Crippen LogP contribution is -2.46. The molecule has 1 amide bonds. The number of hydrogen-bond acceptors (Lipinski definition) is 5. The molecule has 0 aromatic heterocycles. The van der Waals surface area contributed by atoms with Crippen LogP contribution in [0.3, 0.4) is 0 Å². The molecule has 138 valence electrons. The minimum atomic E-state index is -0.661. The van der Waals surface area contributed by atoms with Crippen molar-refractivity contribution in [2.24, 2.45) is 11.8 Å². The summed E-state index contributed by atoms with van der Waals surface area (Å²) in [6.07, 6.45) is 5.24. The third kappa shape index (κ3) is 7.51. The number of methoxy groups -OCH3 is 1. The minimum Gasteiger partial charge on any atom is -0.467 e. The zero-order valence-corrected chi connectivity index (χ0v) is 15.5. The van der Waals surface area contributed by atoms with Gasteiger partial charge in [0, 0.05) is 19.6 Å². The van der Waals surface area contributed by atoms with Crippen LogP contribution < -0.4 is 5.32 Å². The molecule has 0 bridgehead atoms. The molecular weight excluding hydrogens is 308 g/mol. The quantitative estimate of drug-likeness (QED) is 0.653. The molecule has 1 atom stereocenters. The van der Waals surface area contributed by atoms with E-state index in [9.17, 15) is 9.59 Å². The van der Waals surface area contributed by atoms with Gasteiger partial charge in [0.1, 0.15) is 11.6 Å². The van der Waals surface area contributed by atoms with Gasteiger partial charge in [-0.25, -0.2) is 9.59 Å². The van der Waals surface area contributed by atoms with Crippen LogP contribution in [0.1, 0.15) is 52.9 Å². The Morgan fingerprint density at radius 3 is 2.08 bits per heavy atom. The zero-order chi connectivity index (χ0) is 17.7. The molecule has 0 aromatic rings. The summed E-state index contributed by atoms with van der Waals surface area (Å²) in [6.45, 7) is 8.41. The van der Waals surface area contributed by atoms with Gasteiger partial charge in [0.15, 0.2) is 0 Å². The van der Waals surface area contributed by atoms with Crippen LogP contribution >= 0.6 is 0 Å². The van der Waals surface area contributed by atoms with Gasteiger partial charge in [0.2, 0.25) is 0 Å². The van der Waals surface area contributed by atoms with Crippen molar-refractivity contribution >= 4 is 12.1 Å². The highest BCUT2D eigenvalue weighted by Crippen LogP contribution is 2.33. The fourth-order valence-corrected chi connectivity index (χ4v) is 2.74. The highest BCUT2D eigenvalue weighted by molar-refractivity contribution is 5.81. The van der Waals surface area contributed by atoms with Crippen LogP contribution in [0, 0.1) is 11.8 Å². The average molecular weight is 340 g/mol. The number of ether oxygens (including phenoxy) is 2. The second kappa shape index (κ2) is 8.19. The summed E-state index contributed by atoms with van der Waals surface area (Å²) in [6, 6.07) is -0.661. The average Bonchev–Trinajstić information content (AvgIpc) is 3.36. The van der Waals surface area contributed by atoms with E-state index in [4.69, 9.17) is 9.47 Å². The number of carbonyl (C=O) groups is 2. The number of nitrogens with zero attached hydrogens (tertiary/aromatic N) is 1. The Hall–Kier alpha value is -1.30. The van der Waals surface area contributed by atoms with E-state index in [1.54, 1.807) is 20.8 Å². The molecule has 0 saturated heterocycles. The monoisotopic (exact) mass is 340 g/mol. The second-order valence-electron chi connectivity index (χ2n) is 8.16. The van der Waals surface area contributed by atoms with Gasteiger partial charge in [-0.15, -0.1) is 0 Å². The van der Waals surface area contributed by atoms with E-state index in [0.29, 0.717) is 6.42 Å². The van der Waals surface area contributed by atoms with Crippen LogP contribution in [0.25, 0.3) is 0 Å². The van der Waals surface area contributed by atoms with Crippen molar-refractivity contribution in [3.8, 4) is 0 Å². The molecule has 1 unspecified atom stereocenters. The van der Waals surface area contributed by atoms with Gasteiger partial charge in [0.25, 0.3) is 0 Å². The fraction of sp³-hybridized carbons (Fsp3) is 0.889. The Morgan fingerprint density at radius 1 is 1.12 bits per heavy atom. The molecule has 24 heavy (non-hydrogen) atoms. The molecule has 2 aliphatic carbocycles. The number of amides is 1. The van der Waals surface area contributed by atoms with Crippen molar-refractivity contribution in [1.82, 2.24) is 10.2 Å².